The lowest BCUT2D eigenvalue weighted by Gasteiger charge is -2.41. The number of nitrogens with zero attached hydrogens (tertiary/aromatic N) is 2. The van der Waals surface area contributed by atoms with Crippen molar-refractivity contribution in [2.24, 2.45) is 11.8 Å². The van der Waals surface area contributed by atoms with Crippen molar-refractivity contribution in [2.45, 2.75) is 64.6 Å². The van der Waals surface area contributed by atoms with E-state index in [1.165, 1.54) is 25.8 Å². The molecule has 4 atom stereocenters. The summed E-state index contributed by atoms with van der Waals surface area (Å²) in [6, 6.07) is 3.76. The Hall–Kier alpha value is -0.590. The van der Waals surface area contributed by atoms with E-state index in [1.54, 1.807) is 0 Å². The second kappa shape index (κ2) is 6.04. The average molecular weight is 249 g/mol. The molecule has 1 aliphatic heterocycles. The number of hydrogen-bond acceptors (Lipinski definition) is 3. The highest BCUT2D eigenvalue weighted by atomic mass is 15.2. The molecule has 1 saturated carbocycles. The van der Waals surface area contributed by atoms with E-state index in [9.17, 15) is 5.26 Å². The molecule has 4 unspecified atom stereocenters. The summed E-state index contributed by atoms with van der Waals surface area (Å²) >= 11 is 0. The number of hydrogen-bond donors (Lipinski definition) is 1. The molecule has 1 N–H and O–H groups in total. The first kappa shape index (κ1) is 13.8. The van der Waals surface area contributed by atoms with Gasteiger partial charge in [0.1, 0.15) is 0 Å². The van der Waals surface area contributed by atoms with Crippen molar-refractivity contribution in [3.63, 3.8) is 0 Å². The van der Waals surface area contributed by atoms with Gasteiger partial charge in [-0.15, -0.1) is 0 Å². The maximum Gasteiger partial charge on any atom is 0.0967 e. The average Bonchev–Trinajstić information content (AvgIpc) is 3.13. The van der Waals surface area contributed by atoms with Crippen LogP contribution in [0.2, 0.25) is 0 Å². The van der Waals surface area contributed by atoms with Gasteiger partial charge in [-0.25, -0.2) is 0 Å². The molecule has 0 amide bonds. The summed E-state index contributed by atoms with van der Waals surface area (Å²) in [5.74, 6) is 1.58. The monoisotopic (exact) mass is 249 g/mol. The number of piperidine rings is 1. The van der Waals surface area contributed by atoms with Gasteiger partial charge in [0.25, 0.3) is 0 Å². The molecular formula is C15H27N3. The predicted molar refractivity (Wildman–Crippen MR) is 74.2 cm³/mol. The van der Waals surface area contributed by atoms with Crippen molar-refractivity contribution in [3.8, 4) is 6.07 Å². The number of nitriles is 1. The highest BCUT2D eigenvalue weighted by Gasteiger charge is 2.29. The van der Waals surface area contributed by atoms with Gasteiger partial charge in [0.05, 0.1) is 12.1 Å². The van der Waals surface area contributed by atoms with Gasteiger partial charge in [0, 0.05) is 25.2 Å². The second-order valence-corrected chi connectivity index (χ2v) is 6.46. The Bertz CT molecular complexity index is 305. The van der Waals surface area contributed by atoms with Crippen molar-refractivity contribution in [2.75, 3.05) is 13.1 Å². The summed E-state index contributed by atoms with van der Waals surface area (Å²) in [5, 5.41) is 12.6. The zero-order valence-electron chi connectivity index (χ0n) is 12.0. The zero-order chi connectivity index (χ0) is 13.1. The van der Waals surface area contributed by atoms with Crippen LogP contribution >= 0.6 is 0 Å². The quantitative estimate of drug-likeness (QED) is 0.813. The van der Waals surface area contributed by atoms with Gasteiger partial charge in [-0.3, -0.25) is 5.32 Å². The van der Waals surface area contributed by atoms with Crippen molar-refractivity contribution in [3.05, 3.63) is 0 Å². The molecule has 0 bridgehead atoms. The molecule has 102 valence electrons. The van der Waals surface area contributed by atoms with Crippen LogP contribution in [-0.4, -0.2) is 36.1 Å². The van der Waals surface area contributed by atoms with Gasteiger partial charge in [-0.2, -0.15) is 5.26 Å². The van der Waals surface area contributed by atoms with Gasteiger partial charge in [-0.05, 0) is 44.4 Å². The van der Waals surface area contributed by atoms with Gasteiger partial charge in [0.15, 0.2) is 0 Å². The van der Waals surface area contributed by atoms with Crippen LogP contribution in [0.15, 0.2) is 0 Å². The van der Waals surface area contributed by atoms with Crippen LogP contribution in [0.25, 0.3) is 0 Å². The van der Waals surface area contributed by atoms with Crippen molar-refractivity contribution >= 4 is 0 Å². The van der Waals surface area contributed by atoms with Gasteiger partial charge >= 0.3 is 0 Å². The van der Waals surface area contributed by atoms with Crippen molar-refractivity contribution in [1.82, 2.24) is 10.2 Å². The van der Waals surface area contributed by atoms with Crippen molar-refractivity contribution in [1.29, 1.82) is 5.26 Å². The van der Waals surface area contributed by atoms with Crippen LogP contribution in [-0.2, 0) is 0 Å². The molecule has 2 aliphatic rings. The summed E-state index contributed by atoms with van der Waals surface area (Å²) < 4.78 is 0. The SMILES string of the molecule is CC1CC(C)C(C)N(CCC(C#N)NC2CC2)C1. The maximum absolute atomic E-state index is 9.17. The van der Waals surface area contributed by atoms with Crippen LogP contribution in [0.1, 0.15) is 46.5 Å². The van der Waals surface area contributed by atoms with E-state index in [-0.39, 0.29) is 6.04 Å². The minimum atomic E-state index is 0.0530. The Morgan fingerprint density at radius 1 is 1.33 bits per heavy atom. The molecule has 0 aromatic rings. The van der Waals surface area contributed by atoms with Gasteiger partial charge < -0.3 is 4.90 Å². The molecule has 0 radical (unpaired) electrons. The van der Waals surface area contributed by atoms with Crippen LogP contribution in [0.4, 0.5) is 0 Å². The van der Waals surface area contributed by atoms with Gasteiger partial charge in [-0.1, -0.05) is 13.8 Å². The third-order valence-electron chi connectivity index (χ3n) is 4.59. The van der Waals surface area contributed by atoms with Crippen LogP contribution < -0.4 is 5.32 Å². The Labute approximate surface area is 112 Å². The summed E-state index contributed by atoms with van der Waals surface area (Å²) in [4.78, 5) is 2.58. The zero-order valence-corrected chi connectivity index (χ0v) is 12.0. The molecule has 3 nitrogen and oxygen atoms in total. The first-order chi connectivity index (χ1) is 8.60. The molecule has 1 aliphatic carbocycles. The number of nitrogens with one attached hydrogen (secondary N) is 1. The highest BCUT2D eigenvalue weighted by molar-refractivity contribution is 4.96. The molecule has 0 aromatic carbocycles. The molecule has 1 saturated heterocycles. The van der Waals surface area contributed by atoms with E-state index in [2.05, 4.69) is 37.1 Å². The molecule has 0 spiro atoms. The summed E-state index contributed by atoms with van der Waals surface area (Å²) in [5.41, 5.74) is 0. The van der Waals surface area contributed by atoms with E-state index < -0.39 is 0 Å². The Morgan fingerprint density at radius 3 is 2.67 bits per heavy atom. The largest absolute Gasteiger partial charge is 0.300 e. The van der Waals surface area contributed by atoms with Gasteiger partial charge in [0.2, 0.25) is 0 Å². The van der Waals surface area contributed by atoms with E-state index in [0.717, 1.165) is 24.8 Å². The van der Waals surface area contributed by atoms with E-state index in [1.807, 2.05) is 0 Å². The van der Waals surface area contributed by atoms with Crippen LogP contribution in [0, 0.1) is 23.2 Å². The first-order valence-electron chi connectivity index (χ1n) is 7.50. The summed E-state index contributed by atoms with van der Waals surface area (Å²) in [6.45, 7) is 9.31. The minimum Gasteiger partial charge on any atom is -0.300 e. The van der Waals surface area contributed by atoms with E-state index in [4.69, 9.17) is 0 Å². The minimum absolute atomic E-state index is 0.0530. The highest BCUT2D eigenvalue weighted by Crippen LogP contribution is 2.27. The smallest absolute Gasteiger partial charge is 0.0967 e. The molecular weight excluding hydrogens is 222 g/mol. The standard InChI is InChI=1S/C15H27N3/c1-11-8-12(2)13(3)18(10-11)7-6-15(9-16)17-14-4-5-14/h11-15,17H,4-8,10H2,1-3H3. The fraction of sp³-hybridized carbons (Fsp3) is 0.933. The lowest BCUT2D eigenvalue weighted by Crippen LogP contribution is -2.47. The molecule has 2 rings (SSSR count). The fourth-order valence-electron chi connectivity index (χ4n) is 3.14. The Morgan fingerprint density at radius 2 is 2.06 bits per heavy atom. The lowest BCUT2D eigenvalue weighted by atomic mass is 9.86. The topological polar surface area (TPSA) is 39.1 Å². The number of likely N-dealkylation sites (tertiary alicyclic amines) is 1. The van der Waals surface area contributed by atoms with Crippen molar-refractivity contribution < 1.29 is 0 Å². The number of rotatable bonds is 5. The molecule has 0 aromatic heterocycles. The van der Waals surface area contributed by atoms with Crippen LogP contribution in [0.3, 0.4) is 0 Å². The van der Waals surface area contributed by atoms with Crippen LogP contribution in [0.5, 0.6) is 0 Å². The molecule has 18 heavy (non-hydrogen) atoms. The van der Waals surface area contributed by atoms with E-state index >= 15 is 0 Å². The summed E-state index contributed by atoms with van der Waals surface area (Å²) in [7, 11) is 0. The third kappa shape index (κ3) is 3.70. The first-order valence-corrected chi connectivity index (χ1v) is 7.50. The molecule has 2 fully saturated rings. The fourth-order valence-corrected chi connectivity index (χ4v) is 3.14. The lowest BCUT2D eigenvalue weighted by molar-refractivity contribution is 0.0772. The maximum atomic E-state index is 9.17. The Kier molecular flexibility index (Phi) is 4.64. The van der Waals surface area contributed by atoms with E-state index in [0.29, 0.717) is 12.1 Å². The summed E-state index contributed by atoms with van der Waals surface area (Å²) in [6.07, 6.45) is 4.83. The Balaban J connectivity index is 1.78. The molecule has 3 heteroatoms. The normalized spacial score (nSPS) is 35.1. The third-order valence-corrected chi connectivity index (χ3v) is 4.59. The predicted octanol–water partition coefficient (Wildman–Crippen LogP) is 2.39. The second-order valence-electron chi connectivity index (χ2n) is 6.46. The molecule has 1 heterocycles.